The fourth-order valence-corrected chi connectivity index (χ4v) is 4.08. The number of rotatable bonds is 4. The molecule has 118 valence electrons. The number of hydrogen-bond donors (Lipinski definition) is 1. The van der Waals surface area contributed by atoms with Crippen LogP contribution in [0.1, 0.15) is 31.4 Å². The minimum absolute atomic E-state index is 0.115. The van der Waals surface area contributed by atoms with Gasteiger partial charge in [-0.3, -0.25) is 0 Å². The van der Waals surface area contributed by atoms with Crippen molar-refractivity contribution in [2.24, 2.45) is 5.73 Å². The zero-order chi connectivity index (χ0) is 15.5. The third-order valence-electron chi connectivity index (χ3n) is 4.04. The quantitative estimate of drug-likeness (QED) is 0.913. The van der Waals surface area contributed by atoms with Crippen molar-refractivity contribution in [3.63, 3.8) is 0 Å². The molecule has 5 nitrogen and oxygen atoms in total. The monoisotopic (exact) mass is 311 g/mol. The minimum atomic E-state index is -3.42. The molecule has 1 aliphatic heterocycles. The summed E-state index contributed by atoms with van der Waals surface area (Å²) >= 11 is 0. The van der Waals surface area contributed by atoms with E-state index in [0.29, 0.717) is 18.0 Å². The van der Waals surface area contributed by atoms with Crippen LogP contribution in [0.25, 0.3) is 0 Å². The maximum absolute atomic E-state index is 12.8. The second-order valence-electron chi connectivity index (χ2n) is 5.65. The molecule has 1 fully saturated rings. The smallest absolute Gasteiger partial charge is 0.243 e. The second kappa shape index (κ2) is 6.87. The lowest BCUT2D eigenvalue weighted by Gasteiger charge is -2.21. The van der Waals surface area contributed by atoms with Gasteiger partial charge in [0.05, 0.1) is 4.90 Å². The van der Waals surface area contributed by atoms with Crippen molar-refractivity contribution in [2.45, 2.75) is 30.7 Å². The lowest BCUT2D eigenvalue weighted by atomic mass is 10.1. The van der Waals surface area contributed by atoms with E-state index in [1.54, 1.807) is 22.5 Å². The molecule has 0 bridgehead atoms. The van der Waals surface area contributed by atoms with Gasteiger partial charge >= 0.3 is 0 Å². The Morgan fingerprint density at radius 2 is 2.00 bits per heavy atom. The summed E-state index contributed by atoms with van der Waals surface area (Å²) in [4.78, 5) is 2.52. The van der Waals surface area contributed by atoms with Gasteiger partial charge in [0.1, 0.15) is 0 Å². The molecule has 1 aromatic rings. The first-order chi connectivity index (χ1) is 9.95. The van der Waals surface area contributed by atoms with Crippen molar-refractivity contribution in [3.8, 4) is 0 Å². The molecule has 1 heterocycles. The third-order valence-corrected chi connectivity index (χ3v) is 5.94. The van der Waals surface area contributed by atoms with Crippen molar-refractivity contribution in [1.29, 1.82) is 0 Å². The van der Waals surface area contributed by atoms with Crippen molar-refractivity contribution >= 4 is 10.0 Å². The largest absolute Gasteiger partial charge is 0.324 e. The highest BCUT2D eigenvalue weighted by Gasteiger charge is 2.26. The summed E-state index contributed by atoms with van der Waals surface area (Å²) in [5.41, 5.74) is 6.89. The highest BCUT2D eigenvalue weighted by Crippen LogP contribution is 2.22. The molecule has 0 aromatic heterocycles. The highest BCUT2D eigenvalue weighted by molar-refractivity contribution is 7.89. The summed E-state index contributed by atoms with van der Waals surface area (Å²) < 4.78 is 27.1. The first kappa shape index (κ1) is 16.4. The molecular formula is C15H25N3O2S. The van der Waals surface area contributed by atoms with Gasteiger partial charge in [0.15, 0.2) is 0 Å². The Balaban J connectivity index is 2.26. The number of benzene rings is 1. The number of nitrogens with zero attached hydrogens (tertiary/aromatic N) is 2. The Bertz CT molecular complexity index is 574. The lowest BCUT2D eigenvalue weighted by Crippen LogP contribution is -2.34. The number of hydrogen-bond acceptors (Lipinski definition) is 4. The summed E-state index contributed by atoms with van der Waals surface area (Å²) in [6.45, 7) is 4.83. The van der Waals surface area contributed by atoms with Crippen LogP contribution in [-0.4, -0.2) is 50.8 Å². The fraction of sp³-hybridized carbons (Fsp3) is 0.600. The van der Waals surface area contributed by atoms with Crippen LogP contribution in [-0.2, 0) is 10.0 Å². The summed E-state index contributed by atoms with van der Waals surface area (Å²) in [6.07, 6.45) is 1.65. The van der Waals surface area contributed by atoms with Gasteiger partial charge in [-0.25, -0.2) is 8.42 Å². The van der Waals surface area contributed by atoms with E-state index in [9.17, 15) is 8.42 Å². The zero-order valence-electron chi connectivity index (χ0n) is 12.8. The zero-order valence-corrected chi connectivity index (χ0v) is 13.6. The van der Waals surface area contributed by atoms with Gasteiger partial charge in [-0.2, -0.15) is 4.31 Å². The molecule has 2 N–H and O–H groups in total. The van der Waals surface area contributed by atoms with E-state index in [4.69, 9.17) is 5.73 Å². The SMILES string of the molecule is CCC(N)c1cccc(S(=O)(=O)N2CCCN(C)CC2)c1. The molecule has 21 heavy (non-hydrogen) atoms. The highest BCUT2D eigenvalue weighted by atomic mass is 32.2. The predicted molar refractivity (Wildman–Crippen MR) is 84.5 cm³/mol. The molecule has 0 radical (unpaired) electrons. The van der Waals surface area contributed by atoms with Crippen molar-refractivity contribution in [2.75, 3.05) is 33.2 Å². The third kappa shape index (κ3) is 3.83. The summed E-state index contributed by atoms with van der Waals surface area (Å²) in [5.74, 6) is 0. The van der Waals surface area contributed by atoms with Crippen LogP contribution in [0.15, 0.2) is 29.2 Å². The summed E-state index contributed by atoms with van der Waals surface area (Å²) in [7, 11) is -1.40. The van der Waals surface area contributed by atoms with Crippen LogP contribution in [0, 0.1) is 0 Å². The van der Waals surface area contributed by atoms with Gasteiger partial charge < -0.3 is 10.6 Å². The maximum Gasteiger partial charge on any atom is 0.243 e. The van der Waals surface area contributed by atoms with Crippen molar-refractivity contribution in [1.82, 2.24) is 9.21 Å². The van der Waals surface area contributed by atoms with Crippen LogP contribution in [0.3, 0.4) is 0 Å². The first-order valence-corrected chi connectivity index (χ1v) is 8.93. The minimum Gasteiger partial charge on any atom is -0.324 e. The molecule has 1 saturated heterocycles. The molecule has 0 aliphatic carbocycles. The van der Waals surface area contributed by atoms with Gasteiger partial charge in [0.25, 0.3) is 0 Å². The number of nitrogens with two attached hydrogens (primary N) is 1. The molecule has 1 unspecified atom stereocenters. The van der Waals surface area contributed by atoms with E-state index in [-0.39, 0.29) is 6.04 Å². The Labute approximate surface area is 127 Å². The van der Waals surface area contributed by atoms with Gasteiger partial charge in [-0.1, -0.05) is 19.1 Å². The summed E-state index contributed by atoms with van der Waals surface area (Å²) in [6, 6.07) is 6.94. The molecule has 0 amide bonds. The van der Waals surface area contributed by atoms with Gasteiger partial charge in [-0.15, -0.1) is 0 Å². The van der Waals surface area contributed by atoms with Crippen LogP contribution in [0.4, 0.5) is 0 Å². The van der Waals surface area contributed by atoms with Gasteiger partial charge in [0.2, 0.25) is 10.0 Å². The number of sulfonamides is 1. The Morgan fingerprint density at radius 1 is 1.24 bits per heavy atom. The average molecular weight is 311 g/mol. The van der Waals surface area contributed by atoms with E-state index in [1.165, 1.54) is 0 Å². The maximum atomic E-state index is 12.8. The van der Waals surface area contributed by atoms with E-state index in [1.807, 2.05) is 20.0 Å². The summed E-state index contributed by atoms with van der Waals surface area (Å²) in [5, 5.41) is 0. The van der Waals surface area contributed by atoms with Gasteiger partial charge in [0, 0.05) is 25.7 Å². The molecule has 2 rings (SSSR count). The number of likely N-dealkylation sites (N-methyl/N-ethyl adjacent to an activating group) is 1. The van der Waals surface area contributed by atoms with Crippen LogP contribution in [0.5, 0.6) is 0 Å². The molecule has 1 atom stereocenters. The molecule has 0 saturated carbocycles. The predicted octanol–water partition coefficient (Wildman–Crippen LogP) is 1.42. The molecule has 6 heteroatoms. The first-order valence-electron chi connectivity index (χ1n) is 7.49. The normalized spacial score (nSPS) is 20.1. The van der Waals surface area contributed by atoms with E-state index in [2.05, 4.69) is 4.90 Å². The molecule has 1 aliphatic rings. The topological polar surface area (TPSA) is 66.6 Å². The van der Waals surface area contributed by atoms with Crippen molar-refractivity contribution < 1.29 is 8.42 Å². The average Bonchev–Trinajstić information content (AvgIpc) is 2.71. The van der Waals surface area contributed by atoms with Crippen LogP contribution >= 0.6 is 0 Å². The van der Waals surface area contributed by atoms with Crippen LogP contribution in [0.2, 0.25) is 0 Å². The van der Waals surface area contributed by atoms with E-state index >= 15 is 0 Å². The van der Waals surface area contributed by atoms with Crippen molar-refractivity contribution in [3.05, 3.63) is 29.8 Å². The lowest BCUT2D eigenvalue weighted by molar-refractivity contribution is 0.347. The molecule has 1 aromatic carbocycles. The van der Waals surface area contributed by atoms with E-state index in [0.717, 1.165) is 31.5 Å². The molecule has 0 spiro atoms. The molecular weight excluding hydrogens is 286 g/mol. The Morgan fingerprint density at radius 3 is 2.71 bits per heavy atom. The fourth-order valence-electron chi connectivity index (χ4n) is 2.55. The standard InChI is InChI=1S/C15H25N3O2S/c1-3-15(16)13-6-4-7-14(12-13)21(19,20)18-9-5-8-17(2)10-11-18/h4,6-7,12,15H,3,5,8-11,16H2,1-2H3. The van der Waals surface area contributed by atoms with Gasteiger partial charge in [-0.05, 0) is 44.1 Å². The Kier molecular flexibility index (Phi) is 5.37. The van der Waals surface area contributed by atoms with E-state index < -0.39 is 10.0 Å². The van der Waals surface area contributed by atoms with Crippen LogP contribution < -0.4 is 5.73 Å². The second-order valence-corrected chi connectivity index (χ2v) is 7.59. The Hall–Kier alpha value is -0.950.